The SMILES string of the molecule is CCN1CCc2sc3ncn(CCN4CCC(c5ccccc5OC)CC4)c(=O)c3c2C1. The van der Waals surface area contributed by atoms with Gasteiger partial charge in [0.25, 0.3) is 5.56 Å². The average molecular weight is 453 g/mol. The van der Waals surface area contributed by atoms with Gasteiger partial charge in [0.1, 0.15) is 10.6 Å². The van der Waals surface area contributed by atoms with E-state index in [1.54, 1.807) is 24.8 Å². The lowest BCUT2D eigenvalue weighted by Gasteiger charge is -2.32. The molecule has 4 heterocycles. The summed E-state index contributed by atoms with van der Waals surface area (Å²) in [4.78, 5) is 25.1. The van der Waals surface area contributed by atoms with Gasteiger partial charge in [-0.3, -0.25) is 14.3 Å². The monoisotopic (exact) mass is 452 g/mol. The second-order valence-electron chi connectivity index (χ2n) is 8.90. The normalized spacial score (nSPS) is 18.2. The Bertz CT molecular complexity index is 1150. The molecule has 0 spiro atoms. The van der Waals surface area contributed by atoms with Gasteiger partial charge >= 0.3 is 0 Å². The van der Waals surface area contributed by atoms with Crippen molar-refractivity contribution in [2.45, 2.75) is 45.2 Å². The largest absolute Gasteiger partial charge is 0.496 e. The number of likely N-dealkylation sites (N-methyl/N-ethyl adjacent to an activating group) is 1. The first-order valence-electron chi connectivity index (χ1n) is 11.7. The number of thiophene rings is 1. The van der Waals surface area contributed by atoms with E-state index < -0.39 is 0 Å². The minimum atomic E-state index is 0.134. The predicted molar refractivity (Wildman–Crippen MR) is 130 cm³/mol. The van der Waals surface area contributed by atoms with Crippen molar-refractivity contribution in [3.8, 4) is 5.75 Å². The topological polar surface area (TPSA) is 50.6 Å². The van der Waals surface area contributed by atoms with Crippen LogP contribution in [0.4, 0.5) is 0 Å². The van der Waals surface area contributed by atoms with E-state index in [0.717, 1.165) is 74.5 Å². The highest BCUT2D eigenvalue weighted by molar-refractivity contribution is 7.18. The number of nitrogens with zero attached hydrogens (tertiary/aromatic N) is 4. The number of piperidine rings is 1. The number of aromatic nitrogens is 2. The van der Waals surface area contributed by atoms with Crippen molar-refractivity contribution >= 4 is 21.6 Å². The van der Waals surface area contributed by atoms with Crippen LogP contribution in [0.1, 0.15) is 41.7 Å². The van der Waals surface area contributed by atoms with Crippen LogP contribution in [-0.4, -0.2) is 59.2 Å². The van der Waals surface area contributed by atoms with Gasteiger partial charge in [0, 0.05) is 31.1 Å². The summed E-state index contributed by atoms with van der Waals surface area (Å²) in [5, 5.41) is 0.862. The fraction of sp³-hybridized carbons (Fsp3) is 0.520. The molecule has 0 radical (unpaired) electrons. The maximum Gasteiger partial charge on any atom is 0.262 e. The number of benzene rings is 1. The molecule has 7 heteroatoms. The number of hydrogen-bond donors (Lipinski definition) is 0. The molecule has 0 amide bonds. The zero-order chi connectivity index (χ0) is 22.1. The Morgan fingerprint density at radius 3 is 2.72 bits per heavy atom. The third kappa shape index (κ3) is 4.09. The standard InChI is InChI=1S/C25H32N4O2S/c1-3-27-13-10-22-20(16-27)23-24(32-22)26-17-29(25(23)30)15-14-28-11-8-18(9-12-28)19-6-4-5-7-21(19)31-2/h4-7,17-18H,3,8-16H2,1-2H3. The predicted octanol–water partition coefficient (Wildman–Crippen LogP) is 3.72. The highest BCUT2D eigenvalue weighted by atomic mass is 32.1. The first-order chi connectivity index (χ1) is 15.7. The molecule has 3 aromatic rings. The molecule has 0 N–H and O–H groups in total. The molecule has 32 heavy (non-hydrogen) atoms. The molecule has 1 saturated heterocycles. The lowest BCUT2D eigenvalue weighted by molar-refractivity contribution is 0.203. The second kappa shape index (κ2) is 9.33. The van der Waals surface area contributed by atoms with E-state index in [1.165, 1.54) is 16.0 Å². The van der Waals surface area contributed by atoms with Gasteiger partial charge < -0.3 is 9.64 Å². The number of fused-ring (bicyclic) bond motifs is 3. The van der Waals surface area contributed by atoms with Gasteiger partial charge in [-0.1, -0.05) is 25.1 Å². The van der Waals surface area contributed by atoms with Crippen LogP contribution in [0.2, 0.25) is 0 Å². The van der Waals surface area contributed by atoms with Crippen LogP contribution in [0.3, 0.4) is 0 Å². The zero-order valence-electron chi connectivity index (χ0n) is 19.0. The zero-order valence-corrected chi connectivity index (χ0v) is 19.9. The van der Waals surface area contributed by atoms with Crippen molar-refractivity contribution in [3.05, 3.63) is 57.0 Å². The van der Waals surface area contributed by atoms with Gasteiger partial charge in [0.05, 0.1) is 18.8 Å². The lowest BCUT2D eigenvalue weighted by atomic mass is 9.89. The minimum absolute atomic E-state index is 0.134. The maximum atomic E-state index is 13.3. The van der Waals surface area contributed by atoms with Gasteiger partial charge in [0.2, 0.25) is 0 Å². The van der Waals surface area contributed by atoms with Crippen LogP contribution in [0.15, 0.2) is 35.4 Å². The maximum absolute atomic E-state index is 13.3. The van der Waals surface area contributed by atoms with Crippen LogP contribution in [0.5, 0.6) is 5.75 Å². The Hall–Kier alpha value is -2.22. The fourth-order valence-corrected chi connectivity index (χ4v) is 6.34. The number of methoxy groups -OCH3 is 1. The Morgan fingerprint density at radius 2 is 1.94 bits per heavy atom. The van der Waals surface area contributed by atoms with Crippen molar-refractivity contribution < 1.29 is 4.74 Å². The number of hydrogen-bond acceptors (Lipinski definition) is 6. The van der Waals surface area contributed by atoms with E-state index in [2.05, 4.69) is 39.9 Å². The fourth-order valence-electron chi connectivity index (χ4n) is 5.21. The summed E-state index contributed by atoms with van der Waals surface area (Å²) < 4.78 is 7.39. The summed E-state index contributed by atoms with van der Waals surface area (Å²) in [6.45, 7) is 8.85. The first-order valence-corrected chi connectivity index (χ1v) is 12.6. The van der Waals surface area contributed by atoms with E-state index >= 15 is 0 Å². The Labute approximate surface area is 193 Å². The Morgan fingerprint density at radius 1 is 1.12 bits per heavy atom. The molecule has 0 saturated carbocycles. The molecule has 1 fully saturated rings. The number of rotatable bonds is 6. The van der Waals surface area contributed by atoms with Crippen LogP contribution in [0, 0.1) is 0 Å². The van der Waals surface area contributed by atoms with Crippen LogP contribution in [-0.2, 0) is 19.5 Å². The molecule has 2 aliphatic rings. The summed E-state index contributed by atoms with van der Waals surface area (Å²) in [7, 11) is 1.75. The summed E-state index contributed by atoms with van der Waals surface area (Å²) in [5.74, 6) is 1.54. The minimum Gasteiger partial charge on any atom is -0.496 e. The smallest absolute Gasteiger partial charge is 0.262 e. The van der Waals surface area contributed by atoms with Crippen molar-refractivity contribution in [2.24, 2.45) is 0 Å². The number of ether oxygens (including phenoxy) is 1. The molecule has 0 unspecified atom stereocenters. The molecule has 0 atom stereocenters. The number of para-hydroxylation sites is 1. The summed E-state index contributed by atoms with van der Waals surface area (Å²) in [6.07, 6.45) is 5.03. The highest BCUT2D eigenvalue weighted by Crippen LogP contribution is 2.34. The van der Waals surface area contributed by atoms with Gasteiger partial charge in [-0.05, 0) is 62.0 Å². The summed E-state index contributed by atoms with van der Waals surface area (Å²) in [5.41, 5.74) is 2.68. The van der Waals surface area contributed by atoms with E-state index in [9.17, 15) is 4.79 Å². The molecule has 2 aliphatic heterocycles. The van der Waals surface area contributed by atoms with Crippen LogP contribution >= 0.6 is 11.3 Å². The van der Waals surface area contributed by atoms with Gasteiger partial charge in [0.15, 0.2) is 0 Å². The lowest BCUT2D eigenvalue weighted by Crippen LogP contribution is -2.37. The molecule has 2 aromatic heterocycles. The van der Waals surface area contributed by atoms with E-state index in [-0.39, 0.29) is 5.56 Å². The third-order valence-corrected chi connectivity index (χ3v) is 8.37. The number of likely N-dealkylation sites (tertiary alicyclic amines) is 1. The van der Waals surface area contributed by atoms with Gasteiger partial charge in [-0.2, -0.15) is 0 Å². The molecule has 0 bridgehead atoms. The van der Waals surface area contributed by atoms with Crippen molar-refractivity contribution in [1.29, 1.82) is 0 Å². The molecule has 6 nitrogen and oxygen atoms in total. The highest BCUT2D eigenvalue weighted by Gasteiger charge is 2.25. The molecule has 5 rings (SSSR count). The summed E-state index contributed by atoms with van der Waals surface area (Å²) in [6, 6.07) is 8.38. The van der Waals surface area contributed by atoms with Crippen LogP contribution in [0.25, 0.3) is 10.2 Å². The Balaban J connectivity index is 1.25. The van der Waals surface area contributed by atoms with Crippen molar-refractivity contribution in [1.82, 2.24) is 19.4 Å². The van der Waals surface area contributed by atoms with Crippen molar-refractivity contribution in [2.75, 3.05) is 39.8 Å². The summed E-state index contributed by atoms with van der Waals surface area (Å²) >= 11 is 1.71. The van der Waals surface area contributed by atoms with Gasteiger partial charge in [-0.15, -0.1) is 11.3 Å². The quantitative estimate of drug-likeness (QED) is 0.571. The molecular formula is C25H32N4O2S. The van der Waals surface area contributed by atoms with Crippen molar-refractivity contribution in [3.63, 3.8) is 0 Å². The average Bonchev–Trinajstić information content (AvgIpc) is 3.22. The third-order valence-electron chi connectivity index (χ3n) is 7.17. The first kappa shape index (κ1) is 21.6. The van der Waals surface area contributed by atoms with E-state index in [1.807, 2.05) is 10.6 Å². The second-order valence-corrected chi connectivity index (χ2v) is 9.99. The van der Waals surface area contributed by atoms with E-state index in [4.69, 9.17) is 4.74 Å². The van der Waals surface area contributed by atoms with E-state index in [0.29, 0.717) is 12.5 Å². The Kier molecular flexibility index (Phi) is 6.31. The molecule has 1 aromatic carbocycles. The molecular weight excluding hydrogens is 420 g/mol. The van der Waals surface area contributed by atoms with Crippen LogP contribution < -0.4 is 10.3 Å². The van der Waals surface area contributed by atoms with Gasteiger partial charge in [-0.25, -0.2) is 4.98 Å². The molecule has 170 valence electrons. The molecule has 0 aliphatic carbocycles.